The highest BCUT2D eigenvalue weighted by molar-refractivity contribution is 7.89. The molecule has 2 amide bonds. The van der Waals surface area contributed by atoms with Gasteiger partial charge in [-0.25, -0.2) is 8.42 Å². The number of carbonyl (C=O) groups is 2. The second kappa shape index (κ2) is 11.2. The number of nitrogens with one attached hydrogen (secondary N) is 2. The first-order valence-corrected chi connectivity index (χ1v) is 12.6. The van der Waals surface area contributed by atoms with E-state index in [-0.39, 0.29) is 24.3 Å². The number of benzene rings is 3. The van der Waals surface area contributed by atoms with E-state index in [1.165, 1.54) is 6.07 Å². The zero-order valence-electron chi connectivity index (χ0n) is 19.0. The van der Waals surface area contributed by atoms with Gasteiger partial charge in [0.05, 0.1) is 4.90 Å². The van der Waals surface area contributed by atoms with Crippen LogP contribution in [0.25, 0.3) is 10.8 Å². The van der Waals surface area contributed by atoms with Crippen LogP contribution in [0.3, 0.4) is 0 Å². The van der Waals surface area contributed by atoms with Crippen LogP contribution in [0.15, 0.2) is 71.6 Å². The number of hydrogen-bond acceptors (Lipinski definition) is 5. The maximum atomic E-state index is 13.3. The van der Waals surface area contributed by atoms with E-state index < -0.39 is 33.9 Å². The summed E-state index contributed by atoms with van der Waals surface area (Å²) in [5, 5.41) is 3.99. The Morgan fingerprint density at radius 1 is 0.912 bits per heavy atom. The summed E-state index contributed by atoms with van der Waals surface area (Å²) in [4.78, 5) is 25.2. The van der Waals surface area contributed by atoms with Crippen LogP contribution >= 0.6 is 0 Å². The lowest BCUT2D eigenvalue weighted by Gasteiger charge is -2.22. The molecule has 0 spiro atoms. The molecule has 1 unspecified atom stereocenters. The highest BCUT2D eigenvalue weighted by Crippen LogP contribution is 2.26. The predicted octanol–water partition coefficient (Wildman–Crippen LogP) is 1.75. The molecule has 34 heavy (non-hydrogen) atoms. The maximum Gasteiger partial charge on any atom is 0.241 e. The minimum Gasteiger partial charge on any atom is -0.368 e. The van der Waals surface area contributed by atoms with E-state index in [9.17, 15) is 18.0 Å². The molecule has 0 radical (unpaired) electrons. The van der Waals surface area contributed by atoms with Crippen LogP contribution in [0.4, 0.5) is 0 Å². The zero-order valence-corrected chi connectivity index (χ0v) is 19.8. The van der Waals surface area contributed by atoms with Crippen molar-refractivity contribution in [2.24, 2.45) is 11.5 Å². The van der Waals surface area contributed by atoms with Gasteiger partial charge in [0.1, 0.15) is 12.1 Å². The van der Waals surface area contributed by atoms with Gasteiger partial charge in [0.2, 0.25) is 21.8 Å². The molecule has 0 aliphatic rings. The zero-order chi connectivity index (χ0) is 24.7. The highest BCUT2D eigenvalue weighted by atomic mass is 32.2. The quantitative estimate of drug-likeness (QED) is 0.329. The molecule has 0 aromatic heterocycles. The number of rotatable bonds is 11. The van der Waals surface area contributed by atoms with Gasteiger partial charge in [0.15, 0.2) is 0 Å². The molecule has 0 saturated carbocycles. The smallest absolute Gasteiger partial charge is 0.241 e. The van der Waals surface area contributed by atoms with Crippen LogP contribution in [-0.4, -0.2) is 38.9 Å². The van der Waals surface area contributed by atoms with Crippen molar-refractivity contribution in [3.63, 3.8) is 0 Å². The molecular formula is C25H30N4O4S. The lowest BCUT2D eigenvalue weighted by atomic mass is 10.0. The largest absolute Gasteiger partial charge is 0.368 e. The van der Waals surface area contributed by atoms with Crippen molar-refractivity contribution in [2.45, 2.75) is 43.2 Å². The van der Waals surface area contributed by atoms with Crippen LogP contribution in [0.2, 0.25) is 0 Å². The van der Waals surface area contributed by atoms with E-state index >= 15 is 0 Å². The monoisotopic (exact) mass is 482 g/mol. The Morgan fingerprint density at radius 3 is 2.21 bits per heavy atom. The standard InChI is InChI=1S/C25H30N4O4S/c1-17-13-14-23(20-11-6-5-10-19(17)20)34(32,33)29-21(12-7-15-26)25(31)28-22(24(27)30)16-18-8-3-2-4-9-18/h2-6,8-11,13-14,21-22,29H,7,12,15-16,26H2,1H3,(H2,27,30)(H,28,31)/t21?,22-/m0/s1. The minimum absolute atomic E-state index is 0.0787. The molecular weight excluding hydrogens is 452 g/mol. The average molecular weight is 483 g/mol. The van der Waals surface area contributed by atoms with E-state index in [2.05, 4.69) is 10.0 Å². The topological polar surface area (TPSA) is 144 Å². The first-order valence-electron chi connectivity index (χ1n) is 11.1. The van der Waals surface area contributed by atoms with E-state index in [0.717, 1.165) is 16.5 Å². The molecule has 0 heterocycles. The summed E-state index contributed by atoms with van der Waals surface area (Å²) in [7, 11) is -4.06. The van der Waals surface area contributed by atoms with E-state index in [1.807, 2.05) is 49.4 Å². The van der Waals surface area contributed by atoms with Gasteiger partial charge >= 0.3 is 0 Å². The normalized spacial score (nSPS) is 13.4. The molecule has 0 aliphatic heterocycles. The lowest BCUT2D eigenvalue weighted by Crippen LogP contribution is -2.53. The van der Waals surface area contributed by atoms with Crippen molar-refractivity contribution in [1.82, 2.24) is 10.0 Å². The van der Waals surface area contributed by atoms with E-state index in [1.54, 1.807) is 18.2 Å². The first kappa shape index (κ1) is 25.4. The van der Waals surface area contributed by atoms with Gasteiger partial charge in [-0.1, -0.05) is 60.7 Å². The summed E-state index contributed by atoms with van der Waals surface area (Å²) >= 11 is 0. The van der Waals surface area contributed by atoms with Gasteiger partial charge in [0.25, 0.3) is 0 Å². The molecule has 0 bridgehead atoms. The predicted molar refractivity (Wildman–Crippen MR) is 132 cm³/mol. The fourth-order valence-corrected chi connectivity index (χ4v) is 5.26. The molecule has 6 N–H and O–H groups in total. The van der Waals surface area contributed by atoms with Gasteiger partial charge in [-0.15, -0.1) is 0 Å². The maximum absolute atomic E-state index is 13.3. The molecule has 180 valence electrons. The third-order valence-corrected chi connectivity index (χ3v) is 7.17. The lowest BCUT2D eigenvalue weighted by molar-refractivity contribution is -0.128. The Balaban J connectivity index is 1.85. The van der Waals surface area contributed by atoms with Crippen LogP contribution in [-0.2, 0) is 26.0 Å². The summed E-state index contributed by atoms with van der Waals surface area (Å²) in [6, 6.07) is 17.5. The highest BCUT2D eigenvalue weighted by Gasteiger charge is 2.29. The summed E-state index contributed by atoms with van der Waals surface area (Å²) in [6.45, 7) is 2.18. The SMILES string of the molecule is Cc1ccc(S(=O)(=O)NC(CCCN)C(=O)N[C@@H](Cc2ccccc2)C(N)=O)c2ccccc12. The van der Waals surface area contributed by atoms with Gasteiger partial charge in [0, 0.05) is 11.8 Å². The molecule has 0 fully saturated rings. The van der Waals surface area contributed by atoms with Crippen molar-refractivity contribution in [3.8, 4) is 0 Å². The fourth-order valence-electron chi connectivity index (χ4n) is 3.82. The second-order valence-electron chi connectivity index (χ2n) is 8.18. The Morgan fingerprint density at radius 2 is 1.56 bits per heavy atom. The number of hydrogen-bond donors (Lipinski definition) is 4. The van der Waals surface area contributed by atoms with Crippen molar-refractivity contribution >= 4 is 32.6 Å². The summed E-state index contributed by atoms with van der Waals surface area (Å²) in [5.41, 5.74) is 12.9. The summed E-state index contributed by atoms with van der Waals surface area (Å²) in [6.07, 6.45) is 0.776. The second-order valence-corrected chi connectivity index (χ2v) is 9.87. The molecule has 9 heteroatoms. The summed E-state index contributed by atoms with van der Waals surface area (Å²) in [5.74, 6) is -1.34. The van der Waals surface area contributed by atoms with E-state index in [4.69, 9.17) is 11.5 Å². The van der Waals surface area contributed by atoms with Crippen LogP contribution in [0, 0.1) is 6.92 Å². The van der Waals surface area contributed by atoms with Crippen LogP contribution < -0.4 is 21.5 Å². The van der Waals surface area contributed by atoms with Gasteiger partial charge < -0.3 is 16.8 Å². The van der Waals surface area contributed by atoms with Crippen molar-refractivity contribution < 1.29 is 18.0 Å². The van der Waals surface area contributed by atoms with Gasteiger partial charge in [-0.2, -0.15) is 4.72 Å². The van der Waals surface area contributed by atoms with Crippen molar-refractivity contribution in [3.05, 3.63) is 77.9 Å². The molecule has 0 aliphatic carbocycles. The molecule has 2 atom stereocenters. The van der Waals surface area contributed by atoms with Crippen molar-refractivity contribution in [1.29, 1.82) is 0 Å². The van der Waals surface area contributed by atoms with Crippen LogP contribution in [0.5, 0.6) is 0 Å². The third-order valence-electron chi connectivity index (χ3n) is 5.64. The van der Waals surface area contributed by atoms with Gasteiger partial charge in [-0.3, -0.25) is 9.59 Å². The minimum atomic E-state index is -4.06. The number of fused-ring (bicyclic) bond motifs is 1. The number of aryl methyl sites for hydroxylation is 1. The van der Waals surface area contributed by atoms with Crippen molar-refractivity contribution in [2.75, 3.05) is 6.54 Å². The molecule has 3 rings (SSSR count). The number of amides is 2. The molecule has 3 aromatic rings. The third kappa shape index (κ3) is 6.19. The van der Waals surface area contributed by atoms with Crippen LogP contribution in [0.1, 0.15) is 24.0 Å². The average Bonchev–Trinajstić information content (AvgIpc) is 2.82. The number of primary amides is 1. The van der Waals surface area contributed by atoms with E-state index in [0.29, 0.717) is 11.8 Å². The number of carbonyl (C=O) groups excluding carboxylic acids is 2. The van der Waals surface area contributed by atoms with Gasteiger partial charge in [-0.05, 0) is 48.9 Å². The molecule has 0 saturated heterocycles. The molecule has 3 aromatic carbocycles. The number of nitrogens with two attached hydrogens (primary N) is 2. The number of sulfonamides is 1. The molecule has 8 nitrogen and oxygen atoms in total. The Bertz CT molecular complexity index is 1260. The first-order chi connectivity index (χ1) is 16.2. The fraction of sp³-hybridized carbons (Fsp3) is 0.280. The Hall–Kier alpha value is -3.27. The Kier molecular flexibility index (Phi) is 8.38. The Labute approximate surface area is 199 Å². The summed E-state index contributed by atoms with van der Waals surface area (Å²) < 4.78 is 29.2.